The van der Waals surface area contributed by atoms with Gasteiger partial charge in [0.15, 0.2) is 5.88 Å². The van der Waals surface area contributed by atoms with Crippen LogP contribution in [-0.2, 0) is 11.2 Å². The maximum atomic E-state index is 11.8. The van der Waals surface area contributed by atoms with Gasteiger partial charge in [0.2, 0.25) is 5.91 Å². The van der Waals surface area contributed by atoms with Crippen LogP contribution >= 0.6 is 11.8 Å². The van der Waals surface area contributed by atoms with E-state index in [-0.39, 0.29) is 11.7 Å². The van der Waals surface area contributed by atoms with E-state index in [1.165, 1.54) is 23.6 Å². The van der Waals surface area contributed by atoms with Gasteiger partial charge in [-0.1, -0.05) is 43.0 Å². The molecule has 0 atom stereocenters. The van der Waals surface area contributed by atoms with Gasteiger partial charge in [-0.05, 0) is 30.2 Å². The van der Waals surface area contributed by atoms with E-state index >= 15 is 0 Å². The summed E-state index contributed by atoms with van der Waals surface area (Å²) in [4.78, 5) is 11.8. The smallest absolute Gasteiger partial charge is 0.237 e. The van der Waals surface area contributed by atoms with Gasteiger partial charge in [0.05, 0.1) is 17.7 Å². The Morgan fingerprint density at radius 1 is 1.12 bits per heavy atom. The maximum Gasteiger partial charge on any atom is 0.237 e. The lowest BCUT2D eigenvalue weighted by molar-refractivity contribution is -0.113. The number of nitrogens with zero attached hydrogens (tertiary/aromatic N) is 2. The number of furan rings is 1. The standard InChI is InChI=1S/C18H17N3O2S/c1-2-13-5-7-14(8-6-13)15-9-10-18(21-20-15)24-12-16(22)19-17-4-3-11-23-17/h3-11H,2,12H2,1H3,(H,19,22). The number of nitrogens with one attached hydrogen (secondary N) is 1. The molecule has 24 heavy (non-hydrogen) atoms. The normalized spacial score (nSPS) is 10.5. The predicted octanol–water partition coefficient (Wildman–Crippen LogP) is 4.03. The molecule has 122 valence electrons. The van der Waals surface area contributed by atoms with Gasteiger partial charge >= 0.3 is 0 Å². The summed E-state index contributed by atoms with van der Waals surface area (Å²) in [5.41, 5.74) is 3.15. The second kappa shape index (κ2) is 7.79. The fraction of sp³-hybridized carbons (Fsp3) is 0.167. The van der Waals surface area contributed by atoms with Crippen LogP contribution in [0.2, 0.25) is 0 Å². The van der Waals surface area contributed by atoms with Gasteiger partial charge in [-0.25, -0.2) is 0 Å². The molecule has 0 aliphatic rings. The molecular weight excluding hydrogens is 322 g/mol. The van der Waals surface area contributed by atoms with Crippen LogP contribution in [0, 0.1) is 0 Å². The monoisotopic (exact) mass is 339 g/mol. The third kappa shape index (κ3) is 4.23. The van der Waals surface area contributed by atoms with Gasteiger partial charge in [-0.15, -0.1) is 10.2 Å². The summed E-state index contributed by atoms with van der Waals surface area (Å²) in [7, 11) is 0. The molecule has 5 nitrogen and oxygen atoms in total. The van der Waals surface area contributed by atoms with Crippen molar-refractivity contribution in [2.75, 3.05) is 11.1 Å². The van der Waals surface area contributed by atoms with Crippen molar-refractivity contribution >= 4 is 23.6 Å². The number of aromatic nitrogens is 2. The third-order valence-electron chi connectivity index (χ3n) is 3.43. The molecule has 0 radical (unpaired) electrons. The Hall–Kier alpha value is -2.60. The zero-order chi connectivity index (χ0) is 16.8. The summed E-state index contributed by atoms with van der Waals surface area (Å²) in [6, 6.07) is 15.5. The van der Waals surface area contributed by atoms with Crippen LogP contribution in [0.25, 0.3) is 11.3 Å². The highest BCUT2D eigenvalue weighted by molar-refractivity contribution is 7.99. The zero-order valence-electron chi connectivity index (χ0n) is 13.2. The van der Waals surface area contributed by atoms with Crippen molar-refractivity contribution < 1.29 is 9.21 Å². The minimum Gasteiger partial charge on any atom is -0.449 e. The van der Waals surface area contributed by atoms with Crippen LogP contribution in [0.15, 0.2) is 64.2 Å². The van der Waals surface area contributed by atoms with Gasteiger partial charge in [0.25, 0.3) is 0 Å². The summed E-state index contributed by atoms with van der Waals surface area (Å²) in [5.74, 6) is 0.549. The molecule has 0 bridgehead atoms. The second-order valence-corrected chi connectivity index (χ2v) is 6.12. The second-order valence-electron chi connectivity index (χ2n) is 5.12. The van der Waals surface area contributed by atoms with Gasteiger partial charge in [-0.3, -0.25) is 10.1 Å². The molecule has 0 saturated carbocycles. The molecule has 2 aromatic heterocycles. The Kier molecular flexibility index (Phi) is 5.28. The van der Waals surface area contributed by atoms with Crippen molar-refractivity contribution in [3.8, 4) is 11.3 Å². The molecule has 6 heteroatoms. The van der Waals surface area contributed by atoms with Gasteiger partial charge in [0.1, 0.15) is 5.03 Å². The third-order valence-corrected chi connectivity index (χ3v) is 4.35. The van der Waals surface area contributed by atoms with Crippen LogP contribution in [-0.4, -0.2) is 21.9 Å². The molecule has 0 fully saturated rings. The number of aryl methyl sites for hydroxylation is 1. The Bertz CT molecular complexity index is 784. The number of amides is 1. The lowest BCUT2D eigenvalue weighted by atomic mass is 10.1. The molecule has 1 aromatic carbocycles. The van der Waals surface area contributed by atoms with Crippen LogP contribution in [0.1, 0.15) is 12.5 Å². The van der Waals surface area contributed by atoms with Crippen molar-refractivity contribution in [1.29, 1.82) is 0 Å². The summed E-state index contributed by atoms with van der Waals surface area (Å²) >= 11 is 1.33. The molecule has 1 amide bonds. The van der Waals surface area contributed by atoms with Crippen molar-refractivity contribution in [3.63, 3.8) is 0 Å². The average Bonchev–Trinajstić information content (AvgIpc) is 3.13. The average molecular weight is 339 g/mol. The Morgan fingerprint density at radius 3 is 2.58 bits per heavy atom. The first-order valence-electron chi connectivity index (χ1n) is 7.64. The number of carbonyl (C=O) groups excluding carboxylic acids is 1. The van der Waals surface area contributed by atoms with Crippen LogP contribution in [0.3, 0.4) is 0 Å². The SMILES string of the molecule is CCc1ccc(-c2ccc(SCC(=O)Nc3ccco3)nn2)cc1. The van der Waals surface area contributed by atoms with Crippen molar-refractivity contribution in [1.82, 2.24) is 10.2 Å². The summed E-state index contributed by atoms with van der Waals surface area (Å²) in [6.45, 7) is 2.13. The molecule has 0 aliphatic heterocycles. The summed E-state index contributed by atoms with van der Waals surface area (Å²) in [5, 5.41) is 11.8. The lowest BCUT2D eigenvalue weighted by Gasteiger charge is -2.04. The van der Waals surface area contributed by atoms with Crippen molar-refractivity contribution in [2.45, 2.75) is 18.4 Å². The Labute approximate surface area is 144 Å². The first kappa shape index (κ1) is 16.3. The topological polar surface area (TPSA) is 68.0 Å². The number of carbonyl (C=O) groups is 1. The van der Waals surface area contributed by atoms with Crippen LogP contribution in [0.4, 0.5) is 5.88 Å². The van der Waals surface area contributed by atoms with Gasteiger partial charge in [0, 0.05) is 11.6 Å². The Morgan fingerprint density at radius 2 is 1.96 bits per heavy atom. The van der Waals surface area contributed by atoms with E-state index in [1.54, 1.807) is 12.1 Å². The van der Waals surface area contributed by atoms with Crippen LogP contribution < -0.4 is 5.32 Å². The molecule has 2 heterocycles. The zero-order valence-corrected chi connectivity index (χ0v) is 14.0. The van der Waals surface area contributed by atoms with E-state index in [0.29, 0.717) is 10.9 Å². The first-order valence-corrected chi connectivity index (χ1v) is 8.62. The highest BCUT2D eigenvalue weighted by Crippen LogP contribution is 2.20. The number of hydrogen-bond donors (Lipinski definition) is 1. The quantitative estimate of drug-likeness (QED) is 0.687. The largest absolute Gasteiger partial charge is 0.449 e. The van der Waals surface area contributed by atoms with E-state index in [0.717, 1.165) is 17.7 Å². The highest BCUT2D eigenvalue weighted by Gasteiger charge is 2.07. The van der Waals surface area contributed by atoms with E-state index in [4.69, 9.17) is 4.42 Å². The van der Waals surface area contributed by atoms with E-state index in [9.17, 15) is 4.79 Å². The highest BCUT2D eigenvalue weighted by atomic mass is 32.2. The van der Waals surface area contributed by atoms with Crippen LogP contribution in [0.5, 0.6) is 0 Å². The Balaban J connectivity index is 1.56. The summed E-state index contributed by atoms with van der Waals surface area (Å²) in [6.07, 6.45) is 2.53. The molecule has 0 unspecified atom stereocenters. The molecule has 0 aliphatic carbocycles. The predicted molar refractivity (Wildman–Crippen MR) is 94.9 cm³/mol. The molecule has 0 spiro atoms. The van der Waals surface area contributed by atoms with E-state index in [1.807, 2.05) is 24.3 Å². The molecule has 0 saturated heterocycles. The molecule has 1 N–H and O–H groups in total. The fourth-order valence-corrected chi connectivity index (χ4v) is 2.74. The number of thioether (sulfide) groups is 1. The minimum atomic E-state index is -0.143. The lowest BCUT2D eigenvalue weighted by Crippen LogP contribution is -2.13. The first-order chi connectivity index (χ1) is 11.7. The molecular formula is C18H17N3O2S. The van der Waals surface area contributed by atoms with Crippen molar-refractivity contribution in [2.24, 2.45) is 0 Å². The van der Waals surface area contributed by atoms with E-state index < -0.39 is 0 Å². The molecule has 3 aromatic rings. The fourth-order valence-electron chi connectivity index (χ4n) is 2.12. The van der Waals surface area contributed by atoms with E-state index in [2.05, 4.69) is 34.6 Å². The van der Waals surface area contributed by atoms with Gasteiger partial charge in [-0.2, -0.15) is 0 Å². The minimum absolute atomic E-state index is 0.143. The van der Waals surface area contributed by atoms with Crippen molar-refractivity contribution in [3.05, 3.63) is 60.4 Å². The van der Waals surface area contributed by atoms with Gasteiger partial charge < -0.3 is 4.42 Å². The number of rotatable bonds is 6. The number of anilines is 1. The number of benzene rings is 1. The summed E-state index contributed by atoms with van der Waals surface area (Å²) < 4.78 is 5.07. The number of hydrogen-bond acceptors (Lipinski definition) is 5. The molecule has 3 rings (SSSR count). The maximum absolute atomic E-state index is 11.8.